The molecule has 0 radical (unpaired) electrons. The van der Waals surface area contributed by atoms with Crippen LogP contribution < -0.4 is 5.32 Å². The Kier molecular flexibility index (Phi) is 5.64. The first-order valence-corrected chi connectivity index (χ1v) is 7.64. The summed E-state index contributed by atoms with van der Waals surface area (Å²) in [5, 5.41) is 13.7. The summed E-state index contributed by atoms with van der Waals surface area (Å²) in [5.41, 5.74) is 2.48. The number of methoxy groups -OCH3 is 1. The fraction of sp³-hybridized carbons (Fsp3) is 0.467. The summed E-state index contributed by atoms with van der Waals surface area (Å²) in [6.07, 6.45) is 0. The molecule has 0 aliphatic rings. The van der Waals surface area contributed by atoms with E-state index < -0.39 is 0 Å². The molecule has 0 aliphatic carbocycles. The van der Waals surface area contributed by atoms with E-state index in [1.807, 2.05) is 0 Å². The van der Waals surface area contributed by atoms with Crippen LogP contribution in [-0.2, 0) is 11.3 Å². The van der Waals surface area contributed by atoms with Crippen LogP contribution in [0.4, 0.5) is 0 Å². The van der Waals surface area contributed by atoms with Crippen molar-refractivity contribution in [3.8, 4) is 10.6 Å². The molecule has 20 heavy (non-hydrogen) atoms. The van der Waals surface area contributed by atoms with Crippen LogP contribution >= 0.6 is 11.3 Å². The average molecular weight is 291 g/mol. The molecule has 0 saturated heterocycles. The topological polar surface area (TPSA) is 47.0 Å². The molecule has 0 unspecified atom stereocenters. The lowest BCUT2D eigenvalue weighted by Gasteiger charge is -2.04. The second kappa shape index (κ2) is 7.47. The number of ether oxygens (including phenoxy) is 1. The van der Waals surface area contributed by atoms with E-state index in [2.05, 4.69) is 53.6 Å². The Hall–Kier alpha value is -1.30. The fourth-order valence-corrected chi connectivity index (χ4v) is 2.64. The first-order valence-electron chi connectivity index (χ1n) is 6.83. The standard InChI is InChI=1S/C15H21N3OS/c1-11(2)12-4-6-13(7-5-12)15-18-17-14(20-15)10-16-8-9-19-3/h4-7,11,16H,8-10H2,1-3H3. The van der Waals surface area contributed by atoms with Crippen LogP contribution in [0.5, 0.6) is 0 Å². The number of nitrogens with zero attached hydrogens (tertiary/aromatic N) is 2. The minimum Gasteiger partial charge on any atom is -0.383 e. The van der Waals surface area contributed by atoms with Gasteiger partial charge in [0.15, 0.2) is 0 Å². The van der Waals surface area contributed by atoms with Gasteiger partial charge in [-0.15, -0.1) is 10.2 Å². The zero-order valence-corrected chi connectivity index (χ0v) is 13.0. The van der Waals surface area contributed by atoms with Crippen LogP contribution in [0.25, 0.3) is 10.6 Å². The number of hydrogen-bond donors (Lipinski definition) is 1. The highest BCUT2D eigenvalue weighted by Crippen LogP contribution is 2.25. The third-order valence-corrected chi connectivity index (χ3v) is 4.02. The Balaban J connectivity index is 1.97. The molecule has 0 spiro atoms. The molecule has 0 aliphatic heterocycles. The molecular weight excluding hydrogens is 270 g/mol. The lowest BCUT2D eigenvalue weighted by molar-refractivity contribution is 0.199. The third kappa shape index (κ3) is 4.10. The van der Waals surface area contributed by atoms with Crippen LogP contribution in [0.3, 0.4) is 0 Å². The normalized spacial score (nSPS) is 11.2. The monoisotopic (exact) mass is 291 g/mol. The predicted molar refractivity (Wildman–Crippen MR) is 83.0 cm³/mol. The van der Waals surface area contributed by atoms with Gasteiger partial charge in [0, 0.05) is 25.8 Å². The number of hydrogen-bond acceptors (Lipinski definition) is 5. The van der Waals surface area contributed by atoms with Gasteiger partial charge in [-0.25, -0.2) is 0 Å². The summed E-state index contributed by atoms with van der Waals surface area (Å²) in [5.74, 6) is 0.555. The highest BCUT2D eigenvalue weighted by molar-refractivity contribution is 7.14. The van der Waals surface area contributed by atoms with Crippen LogP contribution in [0.2, 0.25) is 0 Å². The third-order valence-electron chi connectivity index (χ3n) is 3.05. The number of aromatic nitrogens is 2. The molecule has 2 aromatic rings. The molecule has 0 atom stereocenters. The van der Waals surface area contributed by atoms with Gasteiger partial charge >= 0.3 is 0 Å². The van der Waals surface area contributed by atoms with Gasteiger partial charge in [0.05, 0.1) is 6.61 Å². The van der Waals surface area contributed by atoms with Gasteiger partial charge in [0.2, 0.25) is 0 Å². The molecule has 1 aromatic heterocycles. The number of benzene rings is 1. The molecule has 108 valence electrons. The summed E-state index contributed by atoms with van der Waals surface area (Å²) in [7, 11) is 1.70. The van der Waals surface area contributed by atoms with Crippen LogP contribution in [0.15, 0.2) is 24.3 Å². The SMILES string of the molecule is COCCNCc1nnc(-c2ccc(C(C)C)cc2)s1. The van der Waals surface area contributed by atoms with E-state index in [1.54, 1.807) is 18.4 Å². The maximum Gasteiger partial charge on any atom is 0.147 e. The van der Waals surface area contributed by atoms with E-state index in [0.29, 0.717) is 12.5 Å². The Morgan fingerprint density at radius 3 is 2.60 bits per heavy atom. The zero-order valence-electron chi connectivity index (χ0n) is 12.2. The van der Waals surface area contributed by atoms with Crippen molar-refractivity contribution in [2.75, 3.05) is 20.3 Å². The van der Waals surface area contributed by atoms with Gasteiger partial charge in [-0.05, 0) is 11.5 Å². The summed E-state index contributed by atoms with van der Waals surface area (Å²) < 4.78 is 4.99. The van der Waals surface area contributed by atoms with Gasteiger partial charge in [-0.1, -0.05) is 49.4 Å². The summed E-state index contributed by atoms with van der Waals surface area (Å²) >= 11 is 1.63. The molecule has 0 fully saturated rings. The Morgan fingerprint density at radius 1 is 1.20 bits per heavy atom. The zero-order chi connectivity index (χ0) is 14.4. The molecule has 4 nitrogen and oxygen atoms in total. The van der Waals surface area contributed by atoms with Crippen LogP contribution in [-0.4, -0.2) is 30.5 Å². The van der Waals surface area contributed by atoms with Crippen molar-refractivity contribution in [2.24, 2.45) is 0 Å². The molecular formula is C15H21N3OS. The maximum atomic E-state index is 4.99. The largest absolute Gasteiger partial charge is 0.383 e. The minimum absolute atomic E-state index is 0.555. The lowest BCUT2D eigenvalue weighted by atomic mass is 10.0. The molecule has 1 N–H and O–H groups in total. The first kappa shape index (κ1) is 15.1. The van der Waals surface area contributed by atoms with Gasteiger partial charge < -0.3 is 10.1 Å². The summed E-state index contributed by atoms with van der Waals surface area (Å²) in [6.45, 7) is 6.68. The summed E-state index contributed by atoms with van der Waals surface area (Å²) in [4.78, 5) is 0. The molecule has 2 rings (SSSR count). The van der Waals surface area contributed by atoms with Crippen molar-refractivity contribution in [3.05, 3.63) is 34.8 Å². The number of nitrogens with one attached hydrogen (secondary N) is 1. The van der Waals surface area contributed by atoms with E-state index in [4.69, 9.17) is 4.74 Å². The Labute approximate surface area is 124 Å². The lowest BCUT2D eigenvalue weighted by Crippen LogP contribution is -2.18. The fourth-order valence-electron chi connectivity index (χ4n) is 1.82. The van der Waals surface area contributed by atoms with Gasteiger partial charge in [-0.2, -0.15) is 0 Å². The molecule has 0 bridgehead atoms. The molecule has 5 heteroatoms. The van der Waals surface area contributed by atoms with Gasteiger partial charge in [0.25, 0.3) is 0 Å². The van der Waals surface area contributed by atoms with Crippen LogP contribution in [0.1, 0.15) is 30.3 Å². The summed E-state index contributed by atoms with van der Waals surface area (Å²) in [6, 6.07) is 8.58. The van der Waals surface area contributed by atoms with E-state index in [0.717, 1.165) is 28.7 Å². The highest BCUT2D eigenvalue weighted by Gasteiger charge is 2.07. The van der Waals surface area contributed by atoms with Gasteiger partial charge in [0.1, 0.15) is 10.0 Å². The number of rotatable bonds is 7. The van der Waals surface area contributed by atoms with Crippen LogP contribution in [0, 0.1) is 0 Å². The molecule has 1 heterocycles. The molecule has 0 saturated carbocycles. The van der Waals surface area contributed by atoms with Crippen molar-refractivity contribution in [2.45, 2.75) is 26.3 Å². The van der Waals surface area contributed by atoms with E-state index in [9.17, 15) is 0 Å². The van der Waals surface area contributed by atoms with Crippen molar-refractivity contribution < 1.29 is 4.74 Å². The average Bonchev–Trinajstić information content (AvgIpc) is 2.92. The second-order valence-corrected chi connectivity index (χ2v) is 6.01. The van der Waals surface area contributed by atoms with E-state index in [1.165, 1.54) is 5.56 Å². The highest BCUT2D eigenvalue weighted by atomic mass is 32.1. The van der Waals surface area contributed by atoms with E-state index >= 15 is 0 Å². The quantitative estimate of drug-likeness (QED) is 0.796. The molecule has 0 amide bonds. The Bertz CT molecular complexity index is 522. The van der Waals surface area contributed by atoms with Crippen molar-refractivity contribution in [1.29, 1.82) is 0 Å². The molecule has 1 aromatic carbocycles. The van der Waals surface area contributed by atoms with Crippen molar-refractivity contribution in [3.63, 3.8) is 0 Å². The first-order chi connectivity index (χ1) is 9.70. The Morgan fingerprint density at radius 2 is 1.95 bits per heavy atom. The van der Waals surface area contributed by atoms with Crippen molar-refractivity contribution >= 4 is 11.3 Å². The maximum absolute atomic E-state index is 4.99. The smallest absolute Gasteiger partial charge is 0.147 e. The minimum atomic E-state index is 0.555. The van der Waals surface area contributed by atoms with Gasteiger partial charge in [-0.3, -0.25) is 0 Å². The van der Waals surface area contributed by atoms with E-state index in [-0.39, 0.29) is 0 Å². The predicted octanol–water partition coefficient (Wildman–Crippen LogP) is 3.06. The van der Waals surface area contributed by atoms with Crippen molar-refractivity contribution in [1.82, 2.24) is 15.5 Å². The second-order valence-electron chi connectivity index (χ2n) is 4.95.